The first kappa shape index (κ1) is 13.8. The quantitative estimate of drug-likeness (QED) is 0.804. The van der Waals surface area contributed by atoms with Gasteiger partial charge in [-0.3, -0.25) is 0 Å². The third-order valence-corrected chi connectivity index (χ3v) is 4.43. The summed E-state index contributed by atoms with van der Waals surface area (Å²) in [5, 5.41) is 9.01. The first-order valence-corrected chi connectivity index (χ1v) is 7.66. The molecule has 0 saturated carbocycles. The molecule has 2 rings (SSSR count). The zero-order valence-electron chi connectivity index (χ0n) is 10.5. The summed E-state index contributed by atoms with van der Waals surface area (Å²) in [6, 6.07) is 6.02. The van der Waals surface area contributed by atoms with Gasteiger partial charge in [-0.2, -0.15) is 9.57 Å². The highest BCUT2D eigenvalue weighted by molar-refractivity contribution is 7.88. The molecular weight excluding hydrogens is 269 g/mol. The number of nitriles is 1. The van der Waals surface area contributed by atoms with Crippen molar-refractivity contribution in [2.45, 2.75) is 0 Å². The molecule has 1 aromatic rings. The minimum atomic E-state index is -3.17. The van der Waals surface area contributed by atoms with E-state index in [4.69, 9.17) is 5.26 Å². The first-order valence-electron chi connectivity index (χ1n) is 5.81. The number of rotatable bonds is 2. The fourth-order valence-corrected chi connectivity index (χ4v) is 2.96. The Morgan fingerprint density at radius 2 is 1.89 bits per heavy atom. The molecular formula is C12H14FN3O2S. The number of sulfonamides is 1. The Labute approximate surface area is 111 Å². The summed E-state index contributed by atoms with van der Waals surface area (Å²) >= 11 is 0. The molecule has 5 nitrogen and oxygen atoms in total. The highest BCUT2D eigenvalue weighted by Crippen LogP contribution is 2.22. The smallest absolute Gasteiger partial charge is 0.211 e. The minimum Gasteiger partial charge on any atom is -0.368 e. The van der Waals surface area contributed by atoms with E-state index in [1.807, 2.05) is 11.0 Å². The van der Waals surface area contributed by atoms with Crippen LogP contribution >= 0.6 is 0 Å². The number of nitrogens with zero attached hydrogens (tertiary/aromatic N) is 3. The second-order valence-corrected chi connectivity index (χ2v) is 6.40. The van der Waals surface area contributed by atoms with Crippen LogP contribution in [0.2, 0.25) is 0 Å². The van der Waals surface area contributed by atoms with Crippen LogP contribution in [-0.4, -0.2) is 45.2 Å². The van der Waals surface area contributed by atoms with Gasteiger partial charge in [-0.15, -0.1) is 0 Å². The Hall–Kier alpha value is -1.65. The average molecular weight is 283 g/mol. The molecule has 19 heavy (non-hydrogen) atoms. The summed E-state index contributed by atoms with van der Waals surface area (Å²) in [6.45, 7) is 1.74. The van der Waals surface area contributed by atoms with Crippen LogP contribution < -0.4 is 4.90 Å². The van der Waals surface area contributed by atoms with Crippen molar-refractivity contribution in [1.82, 2.24) is 4.31 Å². The van der Waals surface area contributed by atoms with Gasteiger partial charge in [0.25, 0.3) is 0 Å². The molecule has 1 saturated heterocycles. The van der Waals surface area contributed by atoms with Gasteiger partial charge in [-0.25, -0.2) is 12.8 Å². The molecule has 1 aliphatic rings. The fourth-order valence-electron chi connectivity index (χ4n) is 2.13. The minimum absolute atomic E-state index is 0.271. The molecule has 0 spiro atoms. The molecule has 1 heterocycles. The van der Waals surface area contributed by atoms with Crippen LogP contribution in [0.15, 0.2) is 18.2 Å². The van der Waals surface area contributed by atoms with Crippen LogP contribution in [0.4, 0.5) is 10.1 Å². The molecule has 0 amide bonds. The van der Waals surface area contributed by atoms with Gasteiger partial charge >= 0.3 is 0 Å². The predicted molar refractivity (Wildman–Crippen MR) is 69.7 cm³/mol. The maximum Gasteiger partial charge on any atom is 0.211 e. The van der Waals surface area contributed by atoms with E-state index < -0.39 is 15.8 Å². The summed E-state index contributed by atoms with van der Waals surface area (Å²) < 4.78 is 37.3. The molecule has 0 aromatic heterocycles. The maximum atomic E-state index is 13.1. The highest BCUT2D eigenvalue weighted by Gasteiger charge is 2.24. The SMILES string of the molecule is CS(=O)(=O)N1CCN(c2ccc(F)cc2C#N)CC1. The van der Waals surface area contributed by atoms with Gasteiger partial charge in [0.05, 0.1) is 17.5 Å². The summed E-state index contributed by atoms with van der Waals surface area (Å²) in [6.07, 6.45) is 1.18. The molecule has 102 valence electrons. The molecule has 7 heteroatoms. The van der Waals surface area contributed by atoms with Crippen molar-refractivity contribution in [3.05, 3.63) is 29.6 Å². The van der Waals surface area contributed by atoms with E-state index in [9.17, 15) is 12.8 Å². The van der Waals surface area contributed by atoms with Gasteiger partial charge in [0.1, 0.15) is 11.9 Å². The summed E-state index contributed by atoms with van der Waals surface area (Å²) in [5.41, 5.74) is 0.921. The third-order valence-electron chi connectivity index (χ3n) is 3.13. The van der Waals surface area contributed by atoms with Crippen molar-refractivity contribution in [1.29, 1.82) is 5.26 Å². The monoisotopic (exact) mass is 283 g/mol. The van der Waals surface area contributed by atoms with Gasteiger partial charge in [-0.05, 0) is 18.2 Å². The lowest BCUT2D eigenvalue weighted by Crippen LogP contribution is -2.48. The molecule has 1 fully saturated rings. The van der Waals surface area contributed by atoms with E-state index in [1.54, 1.807) is 6.07 Å². The molecule has 0 atom stereocenters. The van der Waals surface area contributed by atoms with Gasteiger partial charge in [0.15, 0.2) is 0 Å². The summed E-state index contributed by atoms with van der Waals surface area (Å²) in [5.74, 6) is -0.449. The average Bonchev–Trinajstić information content (AvgIpc) is 2.37. The Bertz CT molecular complexity index is 616. The highest BCUT2D eigenvalue weighted by atomic mass is 32.2. The fraction of sp³-hybridized carbons (Fsp3) is 0.417. The van der Waals surface area contributed by atoms with E-state index in [0.717, 1.165) is 0 Å². The number of anilines is 1. The van der Waals surface area contributed by atoms with Crippen molar-refractivity contribution in [3.8, 4) is 6.07 Å². The number of hydrogen-bond donors (Lipinski definition) is 0. The van der Waals surface area contributed by atoms with Crippen molar-refractivity contribution in [3.63, 3.8) is 0 Å². The van der Waals surface area contributed by atoms with E-state index in [-0.39, 0.29) is 5.56 Å². The Balaban J connectivity index is 2.17. The topological polar surface area (TPSA) is 64.4 Å². The van der Waals surface area contributed by atoms with Crippen molar-refractivity contribution < 1.29 is 12.8 Å². The second-order valence-electron chi connectivity index (χ2n) is 4.42. The second kappa shape index (κ2) is 5.15. The van der Waals surface area contributed by atoms with Gasteiger partial charge in [0.2, 0.25) is 10.0 Å². The third kappa shape index (κ3) is 3.03. The molecule has 0 aliphatic carbocycles. The van der Waals surface area contributed by atoms with E-state index in [0.29, 0.717) is 31.9 Å². The molecule has 0 unspecified atom stereocenters. The van der Waals surface area contributed by atoms with Crippen LogP contribution in [0.1, 0.15) is 5.56 Å². The predicted octanol–water partition coefficient (Wildman–Crippen LogP) is 0.779. The number of benzene rings is 1. The van der Waals surface area contributed by atoms with Crippen molar-refractivity contribution in [2.75, 3.05) is 37.3 Å². The normalized spacial score (nSPS) is 17.2. The lowest BCUT2D eigenvalue weighted by Gasteiger charge is -2.35. The molecule has 0 bridgehead atoms. The molecule has 0 radical (unpaired) electrons. The van der Waals surface area contributed by atoms with Gasteiger partial charge in [0, 0.05) is 26.2 Å². The zero-order valence-corrected chi connectivity index (χ0v) is 11.3. The summed E-state index contributed by atoms with van der Waals surface area (Å²) in [7, 11) is -3.17. The molecule has 1 aromatic carbocycles. The molecule has 0 N–H and O–H groups in total. The van der Waals surface area contributed by atoms with Crippen LogP contribution in [0.25, 0.3) is 0 Å². The van der Waals surface area contributed by atoms with E-state index >= 15 is 0 Å². The van der Waals surface area contributed by atoms with Gasteiger partial charge in [-0.1, -0.05) is 0 Å². The van der Waals surface area contributed by atoms with Crippen LogP contribution in [0.5, 0.6) is 0 Å². The van der Waals surface area contributed by atoms with Crippen molar-refractivity contribution in [2.24, 2.45) is 0 Å². The maximum absolute atomic E-state index is 13.1. The Morgan fingerprint density at radius 1 is 1.26 bits per heavy atom. The van der Waals surface area contributed by atoms with Gasteiger partial charge < -0.3 is 4.90 Å². The van der Waals surface area contributed by atoms with E-state index in [2.05, 4.69) is 0 Å². The Morgan fingerprint density at radius 3 is 2.42 bits per heavy atom. The largest absolute Gasteiger partial charge is 0.368 e. The number of hydrogen-bond acceptors (Lipinski definition) is 4. The van der Waals surface area contributed by atoms with Crippen LogP contribution in [0.3, 0.4) is 0 Å². The Kier molecular flexibility index (Phi) is 3.73. The number of piperazine rings is 1. The lowest BCUT2D eigenvalue weighted by molar-refractivity contribution is 0.388. The van der Waals surface area contributed by atoms with Crippen molar-refractivity contribution >= 4 is 15.7 Å². The first-order chi connectivity index (χ1) is 8.91. The van der Waals surface area contributed by atoms with Crippen LogP contribution in [-0.2, 0) is 10.0 Å². The lowest BCUT2D eigenvalue weighted by atomic mass is 10.1. The molecule has 1 aliphatic heterocycles. The van der Waals surface area contributed by atoms with E-state index in [1.165, 1.54) is 22.7 Å². The summed E-state index contributed by atoms with van der Waals surface area (Å²) in [4.78, 5) is 1.90. The zero-order chi connectivity index (χ0) is 14.0. The number of halogens is 1. The van der Waals surface area contributed by atoms with Crippen LogP contribution in [0, 0.1) is 17.1 Å². The standard InChI is InChI=1S/C12H14FN3O2S/c1-19(17,18)16-6-4-15(5-7-16)12-3-2-11(13)8-10(12)9-14/h2-3,8H,4-7H2,1H3.